The monoisotopic (exact) mass is 411 g/mol. The van der Waals surface area contributed by atoms with Crippen molar-refractivity contribution in [2.75, 3.05) is 20.1 Å². The summed E-state index contributed by atoms with van der Waals surface area (Å²) in [6, 6.07) is 15.9. The third-order valence-electron chi connectivity index (χ3n) is 5.64. The van der Waals surface area contributed by atoms with Crippen LogP contribution in [0.1, 0.15) is 30.3 Å². The summed E-state index contributed by atoms with van der Waals surface area (Å²) in [4.78, 5) is 16.9. The topological polar surface area (TPSA) is 41.6 Å². The third-order valence-corrected chi connectivity index (χ3v) is 5.89. The number of carbonyl (C=O) groups is 1. The van der Waals surface area contributed by atoms with E-state index in [1.54, 1.807) is 4.90 Å². The lowest BCUT2D eigenvalue weighted by atomic mass is 10.1. The van der Waals surface area contributed by atoms with Crippen LogP contribution in [-0.4, -0.2) is 40.4 Å². The van der Waals surface area contributed by atoms with Crippen LogP contribution in [0.5, 0.6) is 0 Å². The van der Waals surface area contributed by atoms with Crippen LogP contribution in [0.3, 0.4) is 0 Å². The molecule has 1 saturated heterocycles. The van der Waals surface area contributed by atoms with Gasteiger partial charge in [-0.25, -0.2) is 0 Å². The van der Waals surface area contributed by atoms with Gasteiger partial charge in [-0.05, 0) is 67.9 Å². The van der Waals surface area contributed by atoms with Crippen LogP contribution in [-0.2, 0) is 18.4 Å². The van der Waals surface area contributed by atoms with Crippen molar-refractivity contribution < 1.29 is 9.21 Å². The molecule has 0 radical (unpaired) electrons. The maximum atomic E-state index is 12.8. The molecule has 0 bridgehead atoms. The molecule has 3 aromatic rings. The van der Waals surface area contributed by atoms with Crippen LogP contribution >= 0.6 is 11.6 Å². The molecule has 0 spiro atoms. The van der Waals surface area contributed by atoms with Crippen LogP contribution in [0.4, 0.5) is 0 Å². The predicted octanol–water partition coefficient (Wildman–Crippen LogP) is 4.73. The molecule has 0 saturated carbocycles. The molecule has 0 N–H and O–H groups in total. The number of amides is 1. The van der Waals surface area contributed by atoms with Crippen molar-refractivity contribution in [3.05, 3.63) is 71.2 Å². The van der Waals surface area contributed by atoms with Crippen molar-refractivity contribution >= 4 is 17.5 Å². The fourth-order valence-electron chi connectivity index (χ4n) is 4.02. The number of likely N-dealkylation sites (tertiary alicyclic amines) is 1. The average molecular weight is 412 g/mol. The van der Waals surface area contributed by atoms with E-state index >= 15 is 0 Å². The van der Waals surface area contributed by atoms with Crippen LogP contribution in [0.15, 0.2) is 59.1 Å². The van der Waals surface area contributed by atoms with Crippen molar-refractivity contribution in [1.29, 1.82) is 0 Å². The van der Waals surface area contributed by atoms with Crippen molar-refractivity contribution in [3.63, 3.8) is 0 Å². The minimum atomic E-state index is 0.107. The second-order valence-electron chi connectivity index (χ2n) is 7.70. The number of aryl methyl sites for hydroxylation is 1. The van der Waals surface area contributed by atoms with Gasteiger partial charge >= 0.3 is 0 Å². The van der Waals surface area contributed by atoms with Gasteiger partial charge in [0.25, 0.3) is 0 Å². The van der Waals surface area contributed by atoms with Crippen molar-refractivity contribution in [3.8, 4) is 11.3 Å². The van der Waals surface area contributed by atoms with E-state index in [-0.39, 0.29) is 5.91 Å². The molecule has 29 heavy (non-hydrogen) atoms. The number of hydrogen-bond acceptors (Lipinski definition) is 3. The summed E-state index contributed by atoms with van der Waals surface area (Å²) in [5, 5.41) is 0.696. The largest absolute Gasteiger partial charge is 0.459 e. The van der Waals surface area contributed by atoms with Crippen LogP contribution < -0.4 is 0 Å². The molecular formula is C23H26ClN3O2. The quantitative estimate of drug-likeness (QED) is 0.588. The molecule has 3 heterocycles. The number of nitrogens with zero attached hydrogens (tertiary/aromatic N) is 3. The normalized spacial score (nSPS) is 17.0. The van der Waals surface area contributed by atoms with Gasteiger partial charge in [0.15, 0.2) is 0 Å². The van der Waals surface area contributed by atoms with E-state index in [9.17, 15) is 4.79 Å². The first kappa shape index (κ1) is 19.8. The Kier molecular flexibility index (Phi) is 5.79. The predicted molar refractivity (Wildman–Crippen MR) is 115 cm³/mol. The summed E-state index contributed by atoms with van der Waals surface area (Å²) in [5.41, 5.74) is 2.24. The number of rotatable bonds is 6. The molecule has 1 aliphatic heterocycles. The SMILES string of the molecule is CN(Cc1ccc(-c2ccc(Cl)cc2)o1)C(=O)CN1CCC[C@H]1c1cccn1C. The lowest BCUT2D eigenvalue weighted by Crippen LogP contribution is -2.38. The first-order chi connectivity index (χ1) is 14.0. The summed E-state index contributed by atoms with van der Waals surface area (Å²) in [6.07, 6.45) is 4.28. The highest BCUT2D eigenvalue weighted by atomic mass is 35.5. The summed E-state index contributed by atoms with van der Waals surface area (Å²) < 4.78 is 8.09. The Hall–Kier alpha value is -2.50. The zero-order valence-electron chi connectivity index (χ0n) is 16.8. The Morgan fingerprint density at radius 1 is 1.21 bits per heavy atom. The number of likely N-dealkylation sites (N-methyl/N-ethyl adjacent to an activating group) is 1. The maximum absolute atomic E-state index is 12.8. The van der Waals surface area contributed by atoms with Crippen LogP contribution in [0.25, 0.3) is 11.3 Å². The van der Waals surface area contributed by atoms with Gasteiger partial charge in [0.1, 0.15) is 11.5 Å². The van der Waals surface area contributed by atoms with Gasteiger partial charge in [-0.2, -0.15) is 0 Å². The number of hydrogen-bond donors (Lipinski definition) is 0. The minimum Gasteiger partial charge on any atom is -0.459 e. The number of benzene rings is 1. The lowest BCUT2D eigenvalue weighted by Gasteiger charge is -2.26. The Balaban J connectivity index is 1.37. The molecule has 1 aromatic carbocycles. The van der Waals surface area contributed by atoms with Gasteiger partial charge in [-0.1, -0.05) is 11.6 Å². The van der Waals surface area contributed by atoms with Gasteiger partial charge in [-0.15, -0.1) is 0 Å². The average Bonchev–Trinajstić information content (AvgIpc) is 3.44. The van der Waals surface area contributed by atoms with E-state index < -0.39 is 0 Å². The van der Waals surface area contributed by atoms with E-state index in [2.05, 4.69) is 34.8 Å². The number of carbonyl (C=O) groups excluding carboxylic acids is 1. The lowest BCUT2D eigenvalue weighted by molar-refractivity contribution is -0.132. The molecule has 152 valence electrons. The second-order valence-corrected chi connectivity index (χ2v) is 8.13. The minimum absolute atomic E-state index is 0.107. The number of halogens is 1. The zero-order chi connectivity index (χ0) is 20.4. The second kappa shape index (κ2) is 8.47. The van der Waals surface area contributed by atoms with E-state index in [1.807, 2.05) is 43.4 Å². The summed E-state index contributed by atoms with van der Waals surface area (Å²) in [6.45, 7) is 1.84. The highest BCUT2D eigenvalue weighted by Gasteiger charge is 2.29. The molecule has 5 nitrogen and oxygen atoms in total. The molecule has 2 aromatic heterocycles. The highest BCUT2D eigenvalue weighted by Crippen LogP contribution is 2.31. The summed E-state index contributed by atoms with van der Waals surface area (Å²) in [5.74, 6) is 1.66. The molecule has 1 amide bonds. The molecule has 1 atom stereocenters. The van der Waals surface area contributed by atoms with Crippen molar-refractivity contribution in [2.45, 2.75) is 25.4 Å². The van der Waals surface area contributed by atoms with Gasteiger partial charge < -0.3 is 13.9 Å². The third kappa shape index (κ3) is 4.41. The van der Waals surface area contributed by atoms with Gasteiger partial charge in [0.05, 0.1) is 19.1 Å². The Morgan fingerprint density at radius 3 is 2.72 bits per heavy atom. The molecule has 6 heteroatoms. The fraction of sp³-hybridized carbons (Fsp3) is 0.348. The smallest absolute Gasteiger partial charge is 0.236 e. The fourth-order valence-corrected chi connectivity index (χ4v) is 4.15. The molecular weight excluding hydrogens is 386 g/mol. The van der Waals surface area contributed by atoms with Gasteiger partial charge in [0, 0.05) is 36.6 Å². The Morgan fingerprint density at radius 2 is 2.00 bits per heavy atom. The molecule has 1 aliphatic rings. The van der Waals surface area contributed by atoms with E-state index in [1.165, 1.54) is 5.69 Å². The Bertz CT molecular complexity index is 976. The standard InChI is InChI=1S/C23H26ClN3O2/c1-25-13-3-5-20(25)21-6-4-14-27(21)16-23(28)26(2)15-19-11-12-22(29-19)17-7-9-18(24)10-8-17/h3,5,7-13,21H,4,6,14-16H2,1-2H3/t21-/m0/s1. The van der Waals surface area contributed by atoms with E-state index in [0.29, 0.717) is 24.2 Å². The van der Waals surface area contributed by atoms with Crippen LogP contribution in [0, 0.1) is 0 Å². The molecule has 4 rings (SSSR count). The van der Waals surface area contributed by atoms with Gasteiger partial charge in [0.2, 0.25) is 5.91 Å². The Labute approximate surface area is 176 Å². The van der Waals surface area contributed by atoms with Gasteiger partial charge in [-0.3, -0.25) is 9.69 Å². The summed E-state index contributed by atoms with van der Waals surface area (Å²) in [7, 11) is 3.90. The number of aromatic nitrogens is 1. The van der Waals surface area contributed by atoms with Crippen molar-refractivity contribution in [1.82, 2.24) is 14.4 Å². The highest BCUT2D eigenvalue weighted by molar-refractivity contribution is 6.30. The maximum Gasteiger partial charge on any atom is 0.236 e. The molecule has 1 fully saturated rings. The molecule has 0 aliphatic carbocycles. The molecule has 0 unspecified atom stereocenters. The summed E-state index contributed by atoms with van der Waals surface area (Å²) >= 11 is 5.95. The number of furan rings is 1. The van der Waals surface area contributed by atoms with E-state index in [0.717, 1.165) is 36.5 Å². The first-order valence-electron chi connectivity index (χ1n) is 9.95. The van der Waals surface area contributed by atoms with Crippen molar-refractivity contribution in [2.24, 2.45) is 7.05 Å². The van der Waals surface area contributed by atoms with Crippen LogP contribution in [0.2, 0.25) is 5.02 Å². The zero-order valence-corrected chi connectivity index (χ0v) is 17.6. The first-order valence-corrected chi connectivity index (χ1v) is 10.3. The van der Waals surface area contributed by atoms with E-state index in [4.69, 9.17) is 16.0 Å².